The summed E-state index contributed by atoms with van der Waals surface area (Å²) in [5.74, 6) is 0.0231. The molecule has 3 heteroatoms. The van der Waals surface area contributed by atoms with Gasteiger partial charge < -0.3 is 4.90 Å². The molecule has 0 spiro atoms. The van der Waals surface area contributed by atoms with Crippen LogP contribution < -0.4 is 0 Å². The molecule has 0 aromatic carbocycles. The lowest BCUT2D eigenvalue weighted by Gasteiger charge is -2.06. The standard InChI is InChI=1S/C7H8NOS/c1-8(2)7(9)6-4-3-5-10-6/h3,5H,1-2H3. The predicted molar refractivity (Wildman–Crippen MR) is 41.2 cm³/mol. The molecule has 1 rings (SSSR count). The molecule has 10 heavy (non-hydrogen) atoms. The second kappa shape index (κ2) is 2.84. The molecule has 1 aromatic heterocycles. The summed E-state index contributed by atoms with van der Waals surface area (Å²) in [7, 11) is 3.46. The van der Waals surface area contributed by atoms with Gasteiger partial charge in [0, 0.05) is 20.2 Å². The van der Waals surface area contributed by atoms with E-state index in [0.29, 0.717) is 4.88 Å². The summed E-state index contributed by atoms with van der Waals surface area (Å²) in [5, 5.41) is 1.84. The van der Waals surface area contributed by atoms with Crippen molar-refractivity contribution < 1.29 is 4.79 Å². The topological polar surface area (TPSA) is 20.3 Å². The van der Waals surface area contributed by atoms with E-state index in [1.165, 1.54) is 11.3 Å². The Labute approximate surface area is 64.1 Å². The Morgan fingerprint density at radius 1 is 1.70 bits per heavy atom. The Kier molecular flexibility index (Phi) is 2.06. The average Bonchev–Trinajstić information content (AvgIpc) is 2.36. The quantitative estimate of drug-likeness (QED) is 0.596. The van der Waals surface area contributed by atoms with Crippen LogP contribution in [0.3, 0.4) is 0 Å². The molecular weight excluding hydrogens is 146 g/mol. The van der Waals surface area contributed by atoms with Crippen molar-refractivity contribution in [2.45, 2.75) is 0 Å². The molecule has 0 aliphatic heterocycles. The molecular formula is C7H8NOS. The molecule has 0 atom stereocenters. The van der Waals surface area contributed by atoms with Gasteiger partial charge in [-0.15, -0.1) is 11.3 Å². The molecule has 0 bridgehead atoms. The van der Waals surface area contributed by atoms with Gasteiger partial charge in [-0.1, -0.05) is 0 Å². The smallest absolute Gasteiger partial charge is 0.264 e. The third-order valence-corrected chi connectivity index (χ3v) is 1.87. The predicted octanol–water partition coefficient (Wildman–Crippen LogP) is 1.25. The van der Waals surface area contributed by atoms with Gasteiger partial charge in [0.15, 0.2) is 0 Å². The van der Waals surface area contributed by atoms with E-state index in [1.54, 1.807) is 25.1 Å². The highest BCUT2D eigenvalue weighted by atomic mass is 32.1. The van der Waals surface area contributed by atoms with Crippen molar-refractivity contribution in [3.63, 3.8) is 0 Å². The zero-order valence-corrected chi connectivity index (χ0v) is 6.73. The molecule has 1 aromatic rings. The van der Waals surface area contributed by atoms with Gasteiger partial charge in [0.1, 0.15) is 0 Å². The van der Waals surface area contributed by atoms with E-state index in [0.717, 1.165) is 0 Å². The Hall–Kier alpha value is -0.830. The number of hydrogen-bond donors (Lipinski definition) is 0. The molecule has 0 unspecified atom stereocenters. The van der Waals surface area contributed by atoms with E-state index in [2.05, 4.69) is 6.07 Å². The maximum Gasteiger partial charge on any atom is 0.264 e. The molecule has 0 aliphatic rings. The first-order valence-corrected chi connectivity index (χ1v) is 3.76. The Balaban J connectivity index is 2.78. The molecule has 0 N–H and O–H groups in total. The lowest BCUT2D eigenvalue weighted by atomic mass is 10.4. The normalized spacial score (nSPS) is 9.40. The molecule has 1 amide bonds. The van der Waals surface area contributed by atoms with Crippen LogP contribution in [0.5, 0.6) is 0 Å². The van der Waals surface area contributed by atoms with E-state index < -0.39 is 0 Å². The van der Waals surface area contributed by atoms with Crippen molar-refractivity contribution in [3.8, 4) is 0 Å². The molecule has 1 radical (unpaired) electrons. The van der Waals surface area contributed by atoms with E-state index in [-0.39, 0.29) is 5.91 Å². The summed E-state index contributed by atoms with van der Waals surface area (Å²) < 4.78 is 0. The average molecular weight is 154 g/mol. The molecule has 0 fully saturated rings. The van der Waals surface area contributed by atoms with Gasteiger partial charge in [-0.2, -0.15) is 0 Å². The lowest BCUT2D eigenvalue weighted by molar-refractivity contribution is 0.0832. The summed E-state index contributed by atoms with van der Waals surface area (Å²) in [4.78, 5) is 13.3. The fourth-order valence-corrected chi connectivity index (χ4v) is 1.25. The van der Waals surface area contributed by atoms with E-state index in [9.17, 15) is 4.79 Å². The first kappa shape index (κ1) is 7.28. The second-order valence-electron chi connectivity index (χ2n) is 2.09. The van der Waals surface area contributed by atoms with Crippen LogP contribution in [0.1, 0.15) is 9.67 Å². The Bertz CT molecular complexity index is 216. The maximum absolute atomic E-state index is 11.1. The summed E-state index contributed by atoms with van der Waals surface area (Å²) >= 11 is 1.41. The van der Waals surface area contributed by atoms with Gasteiger partial charge in [0.25, 0.3) is 5.91 Å². The Morgan fingerprint density at radius 2 is 2.40 bits per heavy atom. The molecule has 0 aliphatic carbocycles. The van der Waals surface area contributed by atoms with Crippen LogP contribution in [0.25, 0.3) is 0 Å². The molecule has 2 nitrogen and oxygen atoms in total. The van der Waals surface area contributed by atoms with Crippen molar-refractivity contribution in [1.29, 1.82) is 0 Å². The van der Waals surface area contributed by atoms with Crippen LogP contribution in [0.15, 0.2) is 11.4 Å². The number of hydrogen-bond acceptors (Lipinski definition) is 2. The van der Waals surface area contributed by atoms with Crippen LogP contribution >= 0.6 is 11.3 Å². The summed E-state index contributed by atoms with van der Waals surface area (Å²) in [6, 6.07) is 4.60. The van der Waals surface area contributed by atoms with Gasteiger partial charge in [-0.05, 0) is 11.4 Å². The first-order valence-electron chi connectivity index (χ1n) is 2.88. The van der Waals surface area contributed by atoms with Crippen LogP contribution in [0.4, 0.5) is 0 Å². The highest BCUT2D eigenvalue weighted by Crippen LogP contribution is 2.08. The van der Waals surface area contributed by atoms with Crippen LogP contribution in [0.2, 0.25) is 0 Å². The molecule has 53 valence electrons. The number of thiophene rings is 1. The van der Waals surface area contributed by atoms with Crippen molar-refractivity contribution in [3.05, 3.63) is 22.4 Å². The van der Waals surface area contributed by atoms with Gasteiger partial charge in [-0.3, -0.25) is 4.79 Å². The number of nitrogens with zero attached hydrogens (tertiary/aromatic N) is 1. The zero-order chi connectivity index (χ0) is 7.56. The van der Waals surface area contributed by atoms with Gasteiger partial charge in [-0.25, -0.2) is 0 Å². The van der Waals surface area contributed by atoms with E-state index >= 15 is 0 Å². The molecule has 0 saturated carbocycles. The fraction of sp³-hybridized carbons (Fsp3) is 0.286. The Morgan fingerprint density at radius 3 is 2.80 bits per heavy atom. The SMILES string of the molecule is CN(C)C(=O)c1[c]ccs1. The minimum absolute atomic E-state index is 0.0231. The second-order valence-corrected chi connectivity index (χ2v) is 3.01. The van der Waals surface area contributed by atoms with Gasteiger partial charge in [0.2, 0.25) is 0 Å². The van der Waals surface area contributed by atoms with E-state index in [1.807, 2.05) is 5.38 Å². The lowest BCUT2D eigenvalue weighted by Crippen LogP contribution is -2.20. The zero-order valence-electron chi connectivity index (χ0n) is 5.92. The van der Waals surface area contributed by atoms with Gasteiger partial charge >= 0.3 is 0 Å². The minimum atomic E-state index is 0.0231. The summed E-state index contributed by atoms with van der Waals surface area (Å²) in [6.07, 6.45) is 0. The highest BCUT2D eigenvalue weighted by Gasteiger charge is 2.07. The number of carbonyl (C=O) groups excluding carboxylic acids is 1. The number of amides is 1. The number of rotatable bonds is 1. The van der Waals surface area contributed by atoms with Crippen molar-refractivity contribution >= 4 is 17.2 Å². The maximum atomic E-state index is 11.1. The van der Waals surface area contributed by atoms with Crippen molar-refractivity contribution in [2.75, 3.05) is 14.1 Å². The highest BCUT2D eigenvalue weighted by molar-refractivity contribution is 7.12. The summed E-state index contributed by atoms with van der Waals surface area (Å²) in [5.41, 5.74) is 0. The first-order chi connectivity index (χ1) is 4.72. The molecule has 1 heterocycles. The summed E-state index contributed by atoms with van der Waals surface area (Å²) in [6.45, 7) is 0. The van der Waals surface area contributed by atoms with Crippen LogP contribution in [-0.2, 0) is 0 Å². The largest absolute Gasteiger partial charge is 0.344 e. The monoisotopic (exact) mass is 154 g/mol. The van der Waals surface area contributed by atoms with Crippen molar-refractivity contribution in [2.24, 2.45) is 0 Å². The fourth-order valence-electron chi connectivity index (χ4n) is 0.561. The van der Waals surface area contributed by atoms with Crippen molar-refractivity contribution in [1.82, 2.24) is 4.90 Å². The minimum Gasteiger partial charge on any atom is -0.344 e. The van der Waals surface area contributed by atoms with Crippen LogP contribution in [0, 0.1) is 6.07 Å². The third-order valence-electron chi connectivity index (χ3n) is 1.07. The molecule has 0 saturated heterocycles. The van der Waals surface area contributed by atoms with Crippen LogP contribution in [-0.4, -0.2) is 24.9 Å². The van der Waals surface area contributed by atoms with E-state index in [4.69, 9.17) is 0 Å². The number of carbonyl (C=O) groups is 1. The van der Waals surface area contributed by atoms with Gasteiger partial charge in [0.05, 0.1) is 4.88 Å². The third kappa shape index (κ3) is 1.36.